The van der Waals surface area contributed by atoms with Crippen molar-refractivity contribution in [2.24, 2.45) is 0 Å². The number of hydrogen-bond acceptors (Lipinski definition) is 1. The molecule has 0 amide bonds. The standard InChI is InChI=1S/C19H31O.C5H5.Fe/c1-2-3-4-5-6-7-8-9-10-11-12-17-19(20)18-15-13-14-16-18;1-2-4-5-3-1;/h13-16H,2-12,17H2,1H3;1-5H;. The molecule has 2 heteroatoms. The summed E-state index contributed by atoms with van der Waals surface area (Å²) < 4.78 is 0.553. The third-order valence-corrected chi connectivity index (χ3v) is 60.5. The average Bonchev–Trinajstić information content (AvgIpc) is 3.58. The van der Waals surface area contributed by atoms with Crippen molar-refractivity contribution < 1.29 is 11.3 Å². The fourth-order valence-electron chi connectivity index (χ4n) is 19.1. The van der Waals surface area contributed by atoms with Crippen LogP contribution in [0.15, 0.2) is 0 Å². The van der Waals surface area contributed by atoms with Gasteiger partial charge in [-0.1, -0.05) is 19.8 Å². The van der Waals surface area contributed by atoms with E-state index in [1.807, 2.05) is 0 Å². The van der Waals surface area contributed by atoms with Crippen LogP contribution in [0.3, 0.4) is 0 Å². The van der Waals surface area contributed by atoms with Crippen molar-refractivity contribution in [3.05, 3.63) is 0 Å². The number of Topliss-reactive ketones (excluding diaryl/α,β-unsaturated/α-hetero) is 1. The van der Waals surface area contributed by atoms with Crippen molar-refractivity contribution >= 4 is 5.78 Å². The van der Waals surface area contributed by atoms with E-state index in [1.54, 1.807) is 0 Å². The predicted molar refractivity (Wildman–Crippen MR) is 103 cm³/mol. The van der Waals surface area contributed by atoms with E-state index in [0.717, 1.165) is 12.2 Å². The Bertz CT molecular complexity index is 1040. The van der Waals surface area contributed by atoms with Gasteiger partial charge in [0, 0.05) is 0 Å². The Balaban J connectivity index is 0.759. The molecule has 10 fully saturated rings. The summed E-state index contributed by atoms with van der Waals surface area (Å²) in [5.41, 5.74) is 0. The van der Waals surface area contributed by atoms with Crippen LogP contribution in [0.1, 0.15) is 84.0 Å². The van der Waals surface area contributed by atoms with Gasteiger partial charge in [0.2, 0.25) is 0 Å². The first-order chi connectivity index (χ1) is 12.5. The zero-order chi connectivity index (χ0) is 17.1. The molecular formula is C24H36FeO. The summed E-state index contributed by atoms with van der Waals surface area (Å²) in [5.74, 6) is 0.903. The van der Waals surface area contributed by atoms with E-state index >= 15 is 0 Å². The Morgan fingerprint density at radius 3 is 1.42 bits per heavy atom. The molecule has 0 saturated carbocycles. The summed E-state index contributed by atoms with van der Waals surface area (Å²) in [7, 11) is 0. The number of carbonyl (C=O) groups excluding carboxylic acids is 1. The van der Waals surface area contributed by atoms with Crippen molar-refractivity contribution in [2.45, 2.75) is 132 Å². The molecule has 1 nitrogen and oxygen atoms in total. The van der Waals surface area contributed by atoms with Crippen LogP contribution in [0.25, 0.3) is 0 Å². The fraction of sp³-hybridized carbons (Fsp3) is 0.958. The SMILES string of the molecule is CCCCCCCCCCCCCC(=O)[C]12[CH]3[CH]4[CH]5[CH]1[Fe]45321678[CH]2[CH]1[CH]6[CH]7[CH]28. The number of rotatable bonds is 13. The van der Waals surface area contributed by atoms with Gasteiger partial charge < -0.3 is 0 Å². The predicted octanol–water partition coefficient (Wildman–Crippen LogP) is 8.02. The van der Waals surface area contributed by atoms with Crippen molar-refractivity contribution in [3.8, 4) is 0 Å². The zero-order valence-electron chi connectivity index (χ0n) is 16.4. The Labute approximate surface area is 148 Å². The number of ketones is 1. The molecule has 146 valence electrons. The van der Waals surface area contributed by atoms with E-state index < -0.39 is 6.51 Å². The van der Waals surface area contributed by atoms with Gasteiger partial charge in [0.05, 0.1) is 0 Å². The van der Waals surface area contributed by atoms with Crippen molar-refractivity contribution in [1.29, 1.82) is 0 Å². The normalized spacial score (nSPS) is 82.0. The monoisotopic (exact) mass is 396 g/mol. The molecular weight excluding hydrogens is 360 g/mol. The van der Waals surface area contributed by atoms with E-state index in [0.29, 0.717) is 4.31 Å². The first-order valence-corrected chi connectivity index (χ1v) is 18.6. The molecule has 0 radical (unpaired) electrons. The summed E-state index contributed by atoms with van der Waals surface area (Å²) >= 11 is 0. The third-order valence-electron chi connectivity index (χ3n) is 18.1. The van der Waals surface area contributed by atoms with Crippen LogP contribution in [0.2, 0.25) is 47.7 Å². The fourth-order valence-corrected chi connectivity index (χ4v) is 93.2. The Hall–Kier alpha value is 0.189. The van der Waals surface area contributed by atoms with Crippen LogP contribution in [0.5, 0.6) is 0 Å². The number of unbranched alkanes of at least 4 members (excludes halogenated alkanes) is 10. The Morgan fingerprint density at radius 2 is 1.08 bits per heavy atom. The molecule has 0 bridgehead atoms. The van der Waals surface area contributed by atoms with Gasteiger partial charge in [0.25, 0.3) is 0 Å². The van der Waals surface area contributed by atoms with Gasteiger partial charge in [-0.3, -0.25) is 0 Å². The minimum atomic E-state index is -3.10. The molecule has 1 spiro atoms. The maximum absolute atomic E-state index is 13.5. The summed E-state index contributed by atoms with van der Waals surface area (Å²) in [6.45, 7) is -0.807. The molecule has 10 rings (SSSR count). The second kappa shape index (κ2) is 1.70. The van der Waals surface area contributed by atoms with Gasteiger partial charge in [-0.25, -0.2) is 0 Å². The summed E-state index contributed by atoms with van der Waals surface area (Å²) in [6, 6.07) is 0. The number of hydrogen-bond donors (Lipinski definition) is 0. The zero-order valence-corrected chi connectivity index (χ0v) is 17.5. The molecule has 4 atom stereocenters. The molecule has 10 aliphatic heterocycles. The molecule has 26 heavy (non-hydrogen) atoms. The molecule has 0 aliphatic carbocycles. The van der Waals surface area contributed by atoms with Crippen LogP contribution in [0, 0.1) is 0 Å². The second-order valence-corrected chi connectivity index (χ2v) is 37.9. The molecule has 4 unspecified atom stereocenters. The summed E-state index contributed by atoms with van der Waals surface area (Å²) in [4.78, 5) is 25.1. The van der Waals surface area contributed by atoms with Gasteiger partial charge in [0.15, 0.2) is 0 Å². The third kappa shape index (κ3) is 0.241. The quantitative estimate of drug-likeness (QED) is 0.228. The van der Waals surface area contributed by atoms with E-state index in [-0.39, 0.29) is 0 Å². The Kier molecular flexibility index (Phi) is 0.876. The van der Waals surface area contributed by atoms with Gasteiger partial charge in [-0.05, 0) is 0 Å². The molecule has 0 aromatic rings. The van der Waals surface area contributed by atoms with Crippen molar-refractivity contribution in [2.75, 3.05) is 0 Å². The van der Waals surface area contributed by atoms with Gasteiger partial charge >= 0.3 is 129 Å². The molecule has 0 aromatic carbocycles. The first kappa shape index (κ1) is 13.4. The van der Waals surface area contributed by atoms with Gasteiger partial charge in [-0.2, -0.15) is 0 Å². The summed E-state index contributed by atoms with van der Waals surface area (Å²) in [5, 5.41) is 0. The van der Waals surface area contributed by atoms with E-state index in [2.05, 4.69) is 6.92 Å². The number of carbonyl (C=O) groups is 1. The van der Waals surface area contributed by atoms with Crippen molar-refractivity contribution in [3.63, 3.8) is 0 Å². The molecule has 10 aliphatic rings. The average molecular weight is 396 g/mol. The van der Waals surface area contributed by atoms with E-state index in [9.17, 15) is 4.79 Å². The Morgan fingerprint density at radius 1 is 0.654 bits per heavy atom. The minimum absolute atomic E-state index is 0.553. The molecule has 0 N–H and O–H groups in total. The van der Waals surface area contributed by atoms with E-state index in [4.69, 9.17) is 0 Å². The van der Waals surface area contributed by atoms with Crippen LogP contribution in [-0.2, 0) is 11.3 Å². The topological polar surface area (TPSA) is 17.1 Å². The molecule has 10 saturated heterocycles. The van der Waals surface area contributed by atoms with Crippen LogP contribution < -0.4 is 0 Å². The molecule has 10 heterocycles. The molecule has 0 aromatic heterocycles. The van der Waals surface area contributed by atoms with E-state index in [1.165, 1.54) is 114 Å². The maximum atomic E-state index is 13.5. The second-order valence-electron chi connectivity index (χ2n) is 14.4. The first-order valence-electron chi connectivity index (χ1n) is 12.3. The van der Waals surface area contributed by atoms with Crippen LogP contribution in [0.4, 0.5) is 0 Å². The van der Waals surface area contributed by atoms with Crippen LogP contribution in [-0.4, -0.2) is 5.78 Å². The summed E-state index contributed by atoms with van der Waals surface area (Å²) in [6.07, 6.45) is 16.4. The number of fused-ring (bicyclic) bond motifs is 10. The van der Waals surface area contributed by atoms with Crippen molar-refractivity contribution in [1.82, 2.24) is 0 Å². The van der Waals surface area contributed by atoms with Gasteiger partial charge in [0.1, 0.15) is 0 Å². The van der Waals surface area contributed by atoms with Crippen LogP contribution >= 0.6 is 0 Å². The van der Waals surface area contributed by atoms with Gasteiger partial charge in [-0.15, -0.1) is 0 Å².